The first-order chi connectivity index (χ1) is 13.9. The van der Waals surface area contributed by atoms with E-state index in [1.807, 2.05) is 25.3 Å². The predicted octanol–water partition coefficient (Wildman–Crippen LogP) is 3.89. The molecule has 150 valence electrons. The molecule has 2 atom stereocenters. The van der Waals surface area contributed by atoms with Gasteiger partial charge in [-0.1, -0.05) is 6.07 Å². The van der Waals surface area contributed by atoms with Crippen LogP contribution >= 0.6 is 0 Å². The summed E-state index contributed by atoms with van der Waals surface area (Å²) >= 11 is 0. The molecule has 0 amide bonds. The van der Waals surface area contributed by atoms with Crippen LogP contribution in [0.1, 0.15) is 36.0 Å². The summed E-state index contributed by atoms with van der Waals surface area (Å²) in [5, 5.41) is 0. The van der Waals surface area contributed by atoms with E-state index in [1.165, 1.54) is 12.3 Å². The molecule has 3 aromatic heterocycles. The minimum absolute atomic E-state index is 0.319. The zero-order valence-corrected chi connectivity index (χ0v) is 16.0. The monoisotopic (exact) mass is 398 g/mol. The molecule has 3 aromatic rings. The Morgan fingerprint density at radius 3 is 2.72 bits per heavy atom. The standard InChI is InChI=1S/C21H20F2N4O2/c1-12-3-5-18(25-8-12)16-7-15(16)11-29-20-17(9-24-13(2)26-20)14-4-6-19(28)27(10-14)21(22)23/h3-6,8-10,15-16,21H,7,11H2,1-2H3. The summed E-state index contributed by atoms with van der Waals surface area (Å²) in [5.74, 6) is 1.50. The van der Waals surface area contributed by atoms with E-state index < -0.39 is 12.1 Å². The predicted molar refractivity (Wildman–Crippen MR) is 103 cm³/mol. The number of alkyl halides is 2. The summed E-state index contributed by atoms with van der Waals surface area (Å²) in [6, 6.07) is 6.65. The van der Waals surface area contributed by atoms with Gasteiger partial charge in [-0.15, -0.1) is 0 Å². The highest BCUT2D eigenvalue weighted by molar-refractivity contribution is 5.66. The lowest BCUT2D eigenvalue weighted by molar-refractivity contribution is 0.0665. The molecular weight excluding hydrogens is 378 g/mol. The molecule has 0 saturated heterocycles. The Bertz CT molecular complexity index is 1080. The molecule has 1 saturated carbocycles. The Balaban J connectivity index is 1.53. The van der Waals surface area contributed by atoms with Crippen molar-refractivity contribution in [2.75, 3.05) is 6.61 Å². The lowest BCUT2D eigenvalue weighted by Crippen LogP contribution is -2.19. The molecule has 0 spiro atoms. The number of aromatic nitrogens is 4. The average Bonchev–Trinajstić information content (AvgIpc) is 3.47. The summed E-state index contributed by atoms with van der Waals surface area (Å²) in [6.07, 6.45) is 5.46. The van der Waals surface area contributed by atoms with Gasteiger partial charge >= 0.3 is 6.55 Å². The maximum atomic E-state index is 13.1. The van der Waals surface area contributed by atoms with Crippen LogP contribution in [-0.2, 0) is 0 Å². The van der Waals surface area contributed by atoms with Gasteiger partial charge in [0.15, 0.2) is 0 Å². The number of rotatable bonds is 6. The van der Waals surface area contributed by atoms with Crippen molar-refractivity contribution in [3.8, 4) is 17.0 Å². The van der Waals surface area contributed by atoms with E-state index in [-0.39, 0.29) is 0 Å². The Labute approximate surface area is 166 Å². The van der Waals surface area contributed by atoms with Gasteiger partial charge in [-0.2, -0.15) is 13.8 Å². The first-order valence-corrected chi connectivity index (χ1v) is 9.32. The molecule has 1 aliphatic rings. The van der Waals surface area contributed by atoms with Crippen molar-refractivity contribution < 1.29 is 13.5 Å². The number of nitrogens with zero attached hydrogens (tertiary/aromatic N) is 4. The van der Waals surface area contributed by atoms with Gasteiger partial charge < -0.3 is 4.74 Å². The highest BCUT2D eigenvalue weighted by Crippen LogP contribution is 2.47. The van der Waals surface area contributed by atoms with E-state index >= 15 is 0 Å². The van der Waals surface area contributed by atoms with Crippen LogP contribution in [0.5, 0.6) is 5.88 Å². The summed E-state index contributed by atoms with van der Waals surface area (Å²) in [4.78, 5) is 24.6. The van der Waals surface area contributed by atoms with E-state index in [2.05, 4.69) is 15.0 Å². The second-order valence-electron chi connectivity index (χ2n) is 7.25. The number of hydrogen-bond acceptors (Lipinski definition) is 5. The molecule has 4 rings (SSSR count). The SMILES string of the molecule is Cc1ccc(C2CC2COc2nc(C)ncc2-c2ccc(=O)n(C(F)F)c2)nc1. The molecule has 1 fully saturated rings. The van der Waals surface area contributed by atoms with Crippen molar-refractivity contribution in [2.24, 2.45) is 5.92 Å². The number of hydrogen-bond donors (Lipinski definition) is 0. The molecule has 0 bridgehead atoms. The van der Waals surface area contributed by atoms with Crippen molar-refractivity contribution in [3.63, 3.8) is 0 Å². The molecule has 6 nitrogen and oxygen atoms in total. The molecule has 0 aliphatic heterocycles. The summed E-state index contributed by atoms with van der Waals surface area (Å²) in [7, 11) is 0. The van der Waals surface area contributed by atoms with Gasteiger partial charge in [0.2, 0.25) is 5.88 Å². The van der Waals surface area contributed by atoms with E-state index in [0.717, 1.165) is 29.9 Å². The summed E-state index contributed by atoms with van der Waals surface area (Å²) < 4.78 is 32.5. The van der Waals surface area contributed by atoms with Crippen LogP contribution in [0.25, 0.3) is 11.1 Å². The highest BCUT2D eigenvalue weighted by Gasteiger charge is 2.40. The lowest BCUT2D eigenvalue weighted by atomic mass is 10.1. The first-order valence-electron chi connectivity index (χ1n) is 9.32. The van der Waals surface area contributed by atoms with Gasteiger partial charge in [-0.25, -0.2) is 4.98 Å². The highest BCUT2D eigenvalue weighted by atomic mass is 19.3. The summed E-state index contributed by atoms with van der Waals surface area (Å²) in [5.41, 5.74) is 2.26. The molecule has 2 unspecified atom stereocenters. The third-order valence-electron chi connectivity index (χ3n) is 5.00. The van der Waals surface area contributed by atoms with Crippen LogP contribution < -0.4 is 10.3 Å². The van der Waals surface area contributed by atoms with Crippen LogP contribution in [0.3, 0.4) is 0 Å². The largest absolute Gasteiger partial charge is 0.477 e. The minimum atomic E-state index is -2.92. The fraction of sp³-hybridized carbons (Fsp3) is 0.333. The summed E-state index contributed by atoms with van der Waals surface area (Å²) in [6.45, 7) is 1.25. The van der Waals surface area contributed by atoms with Crippen molar-refractivity contribution in [3.05, 3.63) is 70.3 Å². The van der Waals surface area contributed by atoms with Crippen LogP contribution in [-0.4, -0.2) is 26.1 Å². The smallest absolute Gasteiger partial charge is 0.321 e. The van der Waals surface area contributed by atoms with Gasteiger partial charge in [-0.3, -0.25) is 14.3 Å². The molecule has 0 aromatic carbocycles. The van der Waals surface area contributed by atoms with E-state index in [9.17, 15) is 13.6 Å². The van der Waals surface area contributed by atoms with Crippen molar-refractivity contribution in [2.45, 2.75) is 32.7 Å². The van der Waals surface area contributed by atoms with E-state index in [4.69, 9.17) is 4.74 Å². The van der Waals surface area contributed by atoms with Gasteiger partial charge in [0.1, 0.15) is 5.82 Å². The molecule has 29 heavy (non-hydrogen) atoms. The van der Waals surface area contributed by atoms with Gasteiger partial charge in [-0.05, 0) is 38.0 Å². The second kappa shape index (κ2) is 7.69. The molecular formula is C21H20F2N4O2. The van der Waals surface area contributed by atoms with Gasteiger partial charge in [0, 0.05) is 47.8 Å². The molecule has 0 N–H and O–H groups in total. The van der Waals surface area contributed by atoms with E-state index in [1.54, 1.807) is 6.92 Å². The fourth-order valence-corrected chi connectivity index (χ4v) is 3.25. The van der Waals surface area contributed by atoms with Crippen LogP contribution in [0.4, 0.5) is 8.78 Å². The Hall–Kier alpha value is -3.16. The quantitative estimate of drug-likeness (QED) is 0.630. The van der Waals surface area contributed by atoms with E-state index in [0.29, 0.717) is 45.8 Å². The number of pyridine rings is 2. The molecule has 3 heterocycles. The molecule has 1 aliphatic carbocycles. The normalized spacial score (nSPS) is 18.1. The maximum absolute atomic E-state index is 13.1. The molecule has 0 radical (unpaired) electrons. The van der Waals surface area contributed by atoms with Crippen molar-refractivity contribution in [1.29, 1.82) is 0 Å². The third kappa shape index (κ3) is 4.16. The van der Waals surface area contributed by atoms with Crippen molar-refractivity contribution >= 4 is 0 Å². The Morgan fingerprint density at radius 1 is 1.17 bits per heavy atom. The molecule has 8 heteroatoms. The van der Waals surface area contributed by atoms with Crippen LogP contribution in [0.2, 0.25) is 0 Å². The Morgan fingerprint density at radius 2 is 2.00 bits per heavy atom. The topological polar surface area (TPSA) is 69.9 Å². The third-order valence-corrected chi connectivity index (χ3v) is 5.00. The lowest BCUT2D eigenvalue weighted by Gasteiger charge is -2.12. The maximum Gasteiger partial charge on any atom is 0.321 e. The zero-order chi connectivity index (χ0) is 20.5. The zero-order valence-electron chi connectivity index (χ0n) is 16.0. The number of halogens is 2. The first kappa shape index (κ1) is 19.2. The number of ether oxygens (including phenoxy) is 1. The fourth-order valence-electron chi connectivity index (χ4n) is 3.25. The average molecular weight is 398 g/mol. The van der Waals surface area contributed by atoms with Crippen molar-refractivity contribution in [1.82, 2.24) is 19.5 Å². The van der Waals surface area contributed by atoms with Crippen LogP contribution in [0, 0.1) is 19.8 Å². The van der Waals surface area contributed by atoms with Crippen LogP contribution in [0.15, 0.2) is 47.7 Å². The second-order valence-corrected chi connectivity index (χ2v) is 7.25. The van der Waals surface area contributed by atoms with Gasteiger partial charge in [0.05, 0.1) is 12.2 Å². The van der Waals surface area contributed by atoms with Gasteiger partial charge in [0.25, 0.3) is 5.56 Å². The Kier molecular flexibility index (Phi) is 5.08. The minimum Gasteiger partial charge on any atom is -0.477 e. The number of aryl methyl sites for hydroxylation is 2.